The van der Waals surface area contributed by atoms with Crippen LogP contribution in [0, 0.1) is 0 Å². The third-order valence-electron chi connectivity index (χ3n) is 8.38. The molecule has 0 N–H and O–H groups in total. The Balaban J connectivity index is 2.52. The van der Waals surface area contributed by atoms with Crippen LogP contribution >= 0.6 is 0 Å². The van der Waals surface area contributed by atoms with Crippen molar-refractivity contribution in [2.24, 2.45) is 0 Å². The highest BCUT2D eigenvalue weighted by Gasteiger charge is 2.19. The summed E-state index contributed by atoms with van der Waals surface area (Å²) in [6.07, 6.45) is 21.8. The summed E-state index contributed by atoms with van der Waals surface area (Å²) in [4.78, 5) is 31.0. The van der Waals surface area contributed by atoms with Gasteiger partial charge >= 0.3 is 11.9 Å². The minimum absolute atomic E-state index is 0.293. The van der Waals surface area contributed by atoms with Crippen LogP contribution in [0.1, 0.15) is 164 Å². The highest BCUT2D eigenvalue weighted by molar-refractivity contribution is 6.03. The monoisotopic (exact) mass is 617 g/mol. The van der Waals surface area contributed by atoms with Gasteiger partial charge in [0.15, 0.2) is 0 Å². The maximum Gasteiger partial charge on any atom is 0.339 e. The van der Waals surface area contributed by atoms with E-state index in [0.717, 1.165) is 52.1 Å². The zero-order valence-electron chi connectivity index (χ0n) is 29.2. The number of hydrogen-bond donors (Lipinski definition) is 0. The Morgan fingerprint density at radius 2 is 0.750 bits per heavy atom. The Kier molecular flexibility index (Phi) is 26.0. The minimum Gasteiger partial charge on any atom is -0.462 e. The first-order valence-corrected chi connectivity index (χ1v) is 18.4. The number of unbranched alkanes of at least 4 members (excludes halogenated alkanes) is 12. The molecule has 0 saturated heterocycles. The summed E-state index contributed by atoms with van der Waals surface area (Å²) in [6.45, 7) is 16.0. The molecule has 0 amide bonds. The normalized spacial score (nSPS) is 11.4. The Morgan fingerprint density at radius 1 is 0.455 bits per heavy atom. The Labute approximate surface area is 271 Å². The number of nitrogens with zero attached hydrogens (tertiary/aromatic N) is 2. The van der Waals surface area contributed by atoms with E-state index in [9.17, 15) is 9.59 Å². The Morgan fingerprint density at radius 3 is 1.05 bits per heavy atom. The van der Waals surface area contributed by atoms with E-state index in [-0.39, 0.29) is 0 Å². The molecule has 1 aromatic carbocycles. The molecule has 0 spiro atoms. The smallest absolute Gasteiger partial charge is 0.339 e. The molecule has 0 bridgehead atoms. The second-order valence-corrected chi connectivity index (χ2v) is 12.5. The van der Waals surface area contributed by atoms with Gasteiger partial charge in [0.05, 0.1) is 24.3 Å². The molecule has 0 unspecified atom stereocenters. The lowest BCUT2D eigenvalue weighted by atomic mass is 10.1. The lowest BCUT2D eigenvalue weighted by molar-refractivity contribution is 0.0440. The first-order valence-electron chi connectivity index (χ1n) is 18.4. The molecule has 0 aliphatic heterocycles. The molecule has 254 valence electrons. The van der Waals surface area contributed by atoms with Gasteiger partial charge in [-0.2, -0.15) is 0 Å². The lowest BCUT2D eigenvalue weighted by Crippen LogP contribution is -2.28. The van der Waals surface area contributed by atoms with Crippen LogP contribution in [0.2, 0.25) is 0 Å². The van der Waals surface area contributed by atoms with Crippen LogP contribution in [0.3, 0.4) is 0 Å². The van der Waals surface area contributed by atoms with Crippen LogP contribution in [0.15, 0.2) is 24.3 Å². The SMILES string of the molecule is CCCCCCN(CCCCCC)CCCOC(=O)c1ccccc1C(=O)OCCCN(CCCCCC)CCCCCC. The van der Waals surface area contributed by atoms with E-state index in [2.05, 4.69) is 37.5 Å². The molecule has 6 heteroatoms. The fourth-order valence-corrected chi connectivity index (χ4v) is 5.62. The summed E-state index contributed by atoms with van der Waals surface area (Å²) in [5.74, 6) is -0.888. The molecule has 1 aromatic rings. The summed E-state index contributed by atoms with van der Waals surface area (Å²) in [5.41, 5.74) is 0.587. The van der Waals surface area contributed by atoms with E-state index in [1.807, 2.05) is 0 Å². The molecule has 0 fully saturated rings. The zero-order valence-corrected chi connectivity index (χ0v) is 29.2. The van der Waals surface area contributed by atoms with Gasteiger partial charge in [-0.1, -0.05) is 117 Å². The molecule has 0 saturated carbocycles. The van der Waals surface area contributed by atoms with Crippen molar-refractivity contribution in [2.75, 3.05) is 52.5 Å². The van der Waals surface area contributed by atoms with Crippen molar-refractivity contribution in [3.05, 3.63) is 35.4 Å². The predicted molar refractivity (Wildman–Crippen MR) is 186 cm³/mol. The van der Waals surface area contributed by atoms with Gasteiger partial charge in [-0.25, -0.2) is 9.59 Å². The molecular weight excluding hydrogens is 548 g/mol. The first-order chi connectivity index (χ1) is 21.6. The van der Waals surface area contributed by atoms with Crippen molar-refractivity contribution >= 4 is 11.9 Å². The number of esters is 2. The predicted octanol–water partition coefficient (Wildman–Crippen LogP) is 9.71. The molecule has 44 heavy (non-hydrogen) atoms. The van der Waals surface area contributed by atoms with Gasteiger partial charge in [0.2, 0.25) is 0 Å². The van der Waals surface area contributed by atoms with Crippen LogP contribution in [-0.2, 0) is 9.47 Å². The molecule has 6 nitrogen and oxygen atoms in total. The van der Waals surface area contributed by atoms with Gasteiger partial charge in [-0.15, -0.1) is 0 Å². The van der Waals surface area contributed by atoms with Gasteiger partial charge in [0, 0.05) is 13.1 Å². The van der Waals surface area contributed by atoms with Crippen LogP contribution in [-0.4, -0.2) is 74.2 Å². The van der Waals surface area contributed by atoms with Gasteiger partial charge in [-0.3, -0.25) is 0 Å². The Bertz CT molecular complexity index is 740. The molecule has 0 heterocycles. The molecule has 0 aliphatic rings. The highest BCUT2D eigenvalue weighted by atomic mass is 16.5. The number of rotatable bonds is 30. The molecule has 0 aliphatic carbocycles. The third kappa shape index (κ3) is 20.2. The second kappa shape index (κ2) is 28.5. The highest BCUT2D eigenvalue weighted by Crippen LogP contribution is 2.14. The fourth-order valence-electron chi connectivity index (χ4n) is 5.62. The van der Waals surface area contributed by atoms with E-state index in [0.29, 0.717) is 24.3 Å². The summed E-state index contributed by atoms with van der Waals surface area (Å²) in [7, 11) is 0. The summed E-state index contributed by atoms with van der Waals surface area (Å²) >= 11 is 0. The topological polar surface area (TPSA) is 59.1 Å². The van der Waals surface area contributed by atoms with Crippen molar-refractivity contribution in [3.63, 3.8) is 0 Å². The van der Waals surface area contributed by atoms with Crippen LogP contribution in [0.25, 0.3) is 0 Å². The van der Waals surface area contributed by atoms with Crippen LogP contribution in [0.4, 0.5) is 0 Å². The van der Waals surface area contributed by atoms with Crippen molar-refractivity contribution in [2.45, 2.75) is 143 Å². The number of hydrogen-bond acceptors (Lipinski definition) is 6. The van der Waals surface area contributed by atoms with Crippen LogP contribution < -0.4 is 0 Å². The van der Waals surface area contributed by atoms with E-state index in [4.69, 9.17) is 9.47 Å². The molecule has 0 atom stereocenters. The number of carbonyl (C=O) groups is 2. The van der Waals surface area contributed by atoms with Crippen molar-refractivity contribution in [1.82, 2.24) is 9.80 Å². The third-order valence-corrected chi connectivity index (χ3v) is 8.38. The second-order valence-electron chi connectivity index (χ2n) is 12.5. The summed E-state index contributed by atoms with van der Waals surface area (Å²) < 4.78 is 11.3. The first kappa shape index (κ1) is 40.1. The maximum atomic E-state index is 13.0. The molecular formula is C38H68N2O4. The van der Waals surface area contributed by atoms with E-state index in [1.54, 1.807) is 24.3 Å². The van der Waals surface area contributed by atoms with Gasteiger partial charge < -0.3 is 19.3 Å². The average Bonchev–Trinajstić information content (AvgIpc) is 3.04. The van der Waals surface area contributed by atoms with E-state index < -0.39 is 11.9 Å². The molecule has 1 rings (SSSR count). The van der Waals surface area contributed by atoms with Crippen molar-refractivity contribution in [3.8, 4) is 0 Å². The maximum absolute atomic E-state index is 13.0. The number of benzene rings is 1. The fraction of sp³-hybridized carbons (Fsp3) is 0.789. The minimum atomic E-state index is -0.444. The van der Waals surface area contributed by atoms with Gasteiger partial charge in [0.25, 0.3) is 0 Å². The molecule has 0 aromatic heterocycles. The van der Waals surface area contributed by atoms with Crippen molar-refractivity contribution in [1.29, 1.82) is 0 Å². The largest absolute Gasteiger partial charge is 0.462 e. The quantitative estimate of drug-likeness (QED) is 0.0633. The zero-order chi connectivity index (χ0) is 32.1. The van der Waals surface area contributed by atoms with Crippen LogP contribution in [0.5, 0.6) is 0 Å². The van der Waals surface area contributed by atoms with E-state index >= 15 is 0 Å². The number of carbonyl (C=O) groups excluding carboxylic acids is 2. The Hall–Kier alpha value is -1.92. The standard InChI is InChI=1S/C38H68N2O4/c1-5-9-13-19-27-39(28-20-14-10-6-2)31-23-33-43-37(41)35-25-17-18-26-36(35)38(42)44-34-24-32-40(29-21-15-11-7-3)30-22-16-12-8-4/h17-18,25-26H,5-16,19-24,27-34H2,1-4H3. The average molecular weight is 617 g/mol. The summed E-state index contributed by atoms with van der Waals surface area (Å²) in [5, 5.41) is 0. The lowest BCUT2D eigenvalue weighted by Gasteiger charge is -2.22. The van der Waals surface area contributed by atoms with Gasteiger partial charge in [0.1, 0.15) is 0 Å². The number of ether oxygens (including phenoxy) is 2. The van der Waals surface area contributed by atoms with Crippen molar-refractivity contribution < 1.29 is 19.1 Å². The summed E-state index contributed by atoms with van der Waals surface area (Å²) in [6, 6.07) is 6.88. The molecule has 0 radical (unpaired) electrons. The van der Waals surface area contributed by atoms with E-state index in [1.165, 1.54) is 103 Å². The van der Waals surface area contributed by atoms with Gasteiger partial charge in [-0.05, 0) is 76.8 Å².